The fraction of sp³-hybridized carbons (Fsp3) is 0.217. The van der Waals surface area contributed by atoms with Crippen LogP contribution < -0.4 is 15.6 Å². The zero-order chi connectivity index (χ0) is 19.5. The first-order chi connectivity index (χ1) is 13.7. The fourth-order valence-electron chi connectivity index (χ4n) is 3.69. The van der Waals surface area contributed by atoms with Crippen LogP contribution in [-0.4, -0.2) is 18.0 Å². The monoisotopic (exact) mass is 374 g/mol. The van der Waals surface area contributed by atoms with Crippen molar-refractivity contribution in [2.24, 2.45) is 0 Å². The Morgan fingerprint density at radius 2 is 1.75 bits per heavy atom. The quantitative estimate of drug-likeness (QED) is 0.719. The van der Waals surface area contributed by atoms with Gasteiger partial charge >= 0.3 is 0 Å². The van der Waals surface area contributed by atoms with Crippen LogP contribution in [-0.2, 0) is 12.8 Å². The Hall–Kier alpha value is -3.34. The van der Waals surface area contributed by atoms with Crippen LogP contribution in [0.15, 0.2) is 65.5 Å². The molecule has 1 aliphatic carbocycles. The molecule has 4 rings (SSSR count). The summed E-state index contributed by atoms with van der Waals surface area (Å²) in [7, 11) is 1.62. The lowest BCUT2D eigenvalue weighted by molar-refractivity contribution is 0.0941. The number of methoxy groups -OCH3 is 1. The minimum atomic E-state index is -0.374. The third-order valence-electron chi connectivity index (χ3n) is 5.19. The maximum absolute atomic E-state index is 13.0. The number of carbonyl (C=O) groups excluding carboxylic acids is 1. The second kappa shape index (κ2) is 7.72. The maximum atomic E-state index is 13.0. The standard InChI is InChI=1S/C23H22N2O3/c1-28-18-12-10-16(11-13-18)21(15-6-3-2-4-7-15)25-23(27)19-14-17-8-5-9-20(17)24-22(19)26/h2-4,6-7,10-14,21H,5,8-9H2,1H3,(H,24,26)(H,25,27)/t21-/m0/s1. The van der Waals surface area contributed by atoms with Crippen molar-refractivity contribution in [1.82, 2.24) is 10.3 Å². The molecule has 142 valence electrons. The molecule has 1 aliphatic rings. The molecule has 0 spiro atoms. The number of carbonyl (C=O) groups is 1. The van der Waals surface area contributed by atoms with Crippen LogP contribution in [0.4, 0.5) is 0 Å². The molecule has 1 amide bonds. The Balaban J connectivity index is 1.68. The summed E-state index contributed by atoms with van der Waals surface area (Å²) < 4.78 is 5.23. The molecule has 0 saturated heterocycles. The minimum Gasteiger partial charge on any atom is -0.497 e. The lowest BCUT2D eigenvalue weighted by atomic mass is 9.98. The molecule has 2 N–H and O–H groups in total. The number of benzene rings is 2. The molecular weight excluding hydrogens is 352 g/mol. The van der Waals surface area contributed by atoms with Gasteiger partial charge in [-0.1, -0.05) is 42.5 Å². The number of H-pyrrole nitrogens is 1. The predicted molar refractivity (Wildman–Crippen MR) is 108 cm³/mol. The Bertz CT molecular complexity index is 1040. The first-order valence-electron chi connectivity index (χ1n) is 9.40. The number of amides is 1. The lowest BCUT2D eigenvalue weighted by Crippen LogP contribution is -2.33. The summed E-state index contributed by atoms with van der Waals surface area (Å²) in [5.74, 6) is 0.373. The third-order valence-corrected chi connectivity index (χ3v) is 5.19. The van der Waals surface area contributed by atoms with E-state index >= 15 is 0 Å². The van der Waals surface area contributed by atoms with Crippen LogP contribution >= 0.6 is 0 Å². The van der Waals surface area contributed by atoms with E-state index in [1.165, 1.54) is 0 Å². The third kappa shape index (κ3) is 3.56. The largest absolute Gasteiger partial charge is 0.497 e. The number of ether oxygens (including phenoxy) is 1. The van der Waals surface area contributed by atoms with Crippen molar-refractivity contribution >= 4 is 5.91 Å². The van der Waals surface area contributed by atoms with Crippen LogP contribution in [0.1, 0.15) is 45.2 Å². The molecule has 1 atom stereocenters. The highest BCUT2D eigenvalue weighted by atomic mass is 16.5. The number of hydrogen-bond acceptors (Lipinski definition) is 3. The number of hydrogen-bond donors (Lipinski definition) is 2. The van der Waals surface area contributed by atoms with E-state index in [-0.39, 0.29) is 23.1 Å². The van der Waals surface area contributed by atoms with Gasteiger partial charge in [0.1, 0.15) is 11.3 Å². The summed E-state index contributed by atoms with van der Waals surface area (Å²) >= 11 is 0. The van der Waals surface area contributed by atoms with Crippen LogP contribution in [0.25, 0.3) is 0 Å². The van der Waals surface area contributed by atoms with Gasteiger partial charge < -0.3 is 15.0 Å². The summed E-state index contributed by atoms with van der Waals surface area (Å²) in [6.07, 6.45) is 2.77. The topological polar surface area (TPSA) is 71.2 Å². The van der Waals surface area contributed by atoms with Crippen molar-refractivity contribution in [3.63, 3.8) is 0 Å². The smallest absolute Gasteiger partial charge is 0.261 e. The van der Waals surface area contributed by atoms with Gasteiger partial charge in [-0.15, -0.1) is 0 Å². The van der Waals surface area contributed by atoms with Crippen molar-refractivity contribution in [2.45, 2.75) is 25.3 Å². The lowest BCUT2D eigenvalue weighted by Gasteiger charge is -2.20. The van der Waals surface area contributed by atoms with E-state index in [1.54, 1.807) is 13.2 Å². The average molecular weight is 374 g/mol. The second-order valence-corrected chi connectivity index (χ2v) is 6.96. The number of aromatic amines is 1. The van der Waals surface area contributed by atoms with E-state index in [2.05, 4.69) is 10.3 Å². The molecule has 1 aromatic heterocycles. The number of rotatable bonds is 5. The number of aryl methyl sites for hydroxylation is 2. The van der Waals surface area contributed by atoms with Crippen molar-refractivity contribution < 1.29 is 9.53 Å². The van der Waals surface area contributed by atoms with Crippen LogP contribution in [0.2, 0.25) is 0 Å². The van der Waals surface area contributed by atoms with Crippen LogP contribution in [0, 0.1) is 0 Å². The van der Waals surface area contributed by atoms with Gasteiger partial charge in [0.25, 0.3) is 11.5 Å². The molecule has 0 fully saturated rings. The zero-order valence-corrected chi connectivity index (χ0v) is 15.7. The van der Waals surface area contributed by atoms with E-state index in [0.29, 0.717) is 0 Å². The molecule has 0 unspecified atom stereocenters. The molecule has 0 bridgehead atoms. The predicted octanol–water partition coefficient (Wildman–Crippen LogP) is 3.39. The highest BCUT2D eigenvalue weighted by molar-refractivity contribution is 5.94. The highest BCUT2D eigenvalue weighted by Crippen LogP contribution is 2.25. The van der Waals surface area contributed by atoms with Crippen molar-refractivity contribution in [3.8, 4) is 5.75 Å². The molecule has 5 nitrogen and oxygen atoms in total. The van der Waals surface area contributed by atoms with Crippen molar-refractivity contribution in [2.75, 3.05) is 7.11 Å². The van der Waals surface area contributed by atoms with Gasteiger partial charge in [0.2, 0.25) is 0 Å². The first-order valence-corrected chi connectivity index (χ1v) is 9.40. The van der Waals surface area contributed by atoms with Crippen molar-refractivity contribution in [3.05, 3.63) is 99.0 Å². The molecule has 3 aromatic rings. The Morgan fingerprint density at radius 3 is 2.46 bits per heavy atom. The van der Waals surface area contributed by atoms with Gasteiger partial charge in [0, 0.05) is 5.69 Å². The van der Waals surface area contributed by atoms with Gasteiger partial charge in [-0.3, -0.25) is 9.59 Å². The molecule has 2 aromatic carbocycles. The number of fused-ring (bicyclic) bond motifs is 1. The Morgan fingerprint density at radius 1 is 1.04 bits per heavy atom. The summed E-state index contributed by atoms with van der Waals surface area (Å²) in [4.78, 5) is 28.3. The van der Waals surface area contributed by atoms with Gasteiger partial charge in [-0.25, -0.2) is 0 Å². The van der Waals surface area contributed by atoms with Gasteiger partial charge in [0.15, 0.2) is 0 Å². The maximum Gasteiger partial charge on any atom is 0.261 e. The van der Waals surface area contributed by atoms with E-state index < -0.39 is 0 Å². The first kappa shape index (κ1) is 18.0. The Labute approximate surface area is 163 Å². The summed E-state index contributed by atoms with van der Waals surface area (Å²) in [5.41, 5.74) is 3.70. The highest BCUT2D eigenvalue weighted by Gasteiger charge is 2.22. The SMILES string of the molecule is COc1ccc([C@@H](NC(=O)c2cc3c([nH]c2=O)CCC3)c2ccccc2)cc1. The molecule has 0 radical (unpaired) electrons. The Kier molecular flexibility index (Phi) is 4.98. The summed E-state index contributed by atoms with van der Waals surface area (Å²) in [6, 6.07) is 18.7. The van der Waals surface area contributed by atoms with Crippen molar-refractivity contribution in [1.29, 1.82) is 0 Å². The molecular formula is C23H22N2O3. The van der Waals surface area contributed by atoms with Gasteiger partial charge in [0.05, 0.1) is 13.2 Å². The van der Waals surface area contributed by atoms with E-state index in [0.717, 1.165) is 47.4 Å². The van der Waals surface area contributed by atoms with Crippen LogP contribution in [0.3, 0.4) is 0 Å². The van der Waals surface area contributed by atoms with E-state index in [9.17, 15) is 9.59 Å². The van der Waals surface area contributed by atoms with Gasteiger partial charge in [-0.2, -0.15) is 0 Å². The van der Waals surface area contributed by atoms with E-state index in [1.807, 2.05) is 54.6 Å². The number of aromatic nitrogens is 1. The second-order valence-electron chi connectivity index (χ2n) is 6.96. The zero-order valence-electron chi connectivity index (χ0n) is 15.7. The van der Waals surface area contributed by atoms with Crippen LogP contribution in [0.5, 0.6) is 5.75 Å². The average Bonchev–Trinajstić information content (AvgIpc) is 3.19. The summed E-state index contributed by atoms with van der Waals surface area (Å²) in [5, 5.41) is 3.04. The fourth-order valence-corrected chi connectivity index (χ4v) is 3.69. The van der Waals surface area contributed by atoms with Gasteiger partial charge in [-0.05, 0) is 54.2 Å². The molecule has 5 heteroatoms. The molecule has 0 aliphatic heterocycles. The summed E-state index contributed by atoms with van der Waals surface area (Å²) in [6.45, 7) is 0. The minimum absolute atomic E-state index is 0.162. The number of nitrogens with one attached hydrogen (secondary N) is 2. The molecule has 1 heterocycles. The molecule has 0 saturated carbocycles. The molecule has 28 heavy (non-hydrogen) atoms. The normalized spacial score (nSPS) is 13.6. The number of pyridine rings is 1. The van der Waals surface area contributed by atoms with E-state index in [4.69, 9.17) is 4.74 Å².